The van der Waals surface area contributed by atoms with Gasteiger partial charge in [-0.3, -0.25) is 4.98 Å². The van der Waals surface area contributed by atoms with Gasteiger partial charge in [-0.1, -0.05) is 25.1 Å². The molecule has 118 valence electrons. The molecule has 0 amide bonds. The predicted octanol–water partition coefficient (Wildman–Crippen LogP) is 3.35. The van der Waals surface area contributed by atoms with Crippen LogP contribution < -0.4 is 4.74 Å². The van der Waals surface area contributed by atoms with Crippen LogP contribution in [0.1, 0.15) is 28.7 Å². The molecule has 3 aromatic rings. The van der Waals surface area contributed by atoms with Gasteiger partial charge in [0.05, 0.1) is 31.1 Å². The van der Waals surface area contributed by atoms with Crippen molar-refractivity contribution >= 4 is 16.9 Å². The second-order valence-electron chi connectivity index (χ2n) is 5.32. The van der Waals surface area contributed by atoms with Gasteiger partial charge >= 0.3 is 5.97 Å². The highest BCUT2D eigenvalue weighted by Crippen LogP contribution is 2.25. The van der Waals surface area contributed by atoms with Crippen LogP contribution in [0.2, 0.25) is 0 Å². The van der Waals surface area contributed by atoms with Crippen molar-refractivity contribution in [2.45, 2.75) is 19.9 Å². The molecule has 5 nitrogen and oxygen atoms in total. The SMILES string of the molecule is CCc1cccc2cc(C(=O)O)n(Cc3ccc(OC)cn3)c12. The third-order valence-electron chi connectivity index (χ3n) is 3.96. The van der Waals surface area contributed by atoms with Crippen LogP contribution in [0.15, 0.2) is 42.6 Å². The number of hydrogen-bond acceptors (Lipinski definition) is 3. The summed E-state index contributed by atoms with van der Waals surface area (Å²) in [5.41, 5.74) is 3.16. The number of aromatic carboxylic acids is 1. The molecular weight excluding hydrogens is 292 g/mol. The Bertz CT molecular complexity index is 851. The van der Waals surface area contributed by atoms with Crippen LogP contribution in [0.25, 0.3) is 10.9 Å². The molecule has 1 N–H and O–H groups in total. The predicted molar refractivity (Wildman–Crippen MR) is 88.2 cm³/mol. The summed E-state index contributed by atoms with van der Waals surface area (Å²) in [5, 5.41) is 10.5. The summed E-state index contributed by atoms with van der Waals surface area (Å²) in [5.74, 6) is -0.254. The molecule has 0 saturated heterocycles. The number of carbonyl (C=O) groups is 1. The monoisotopic (exact) mass is 310 g/mol. The number of aromatic nitrogens is 2. The van der Waals surface area contributed by atoms with Gasteiger partial charge in [-0.2, -0.15) is 0 Å². The topological polar surface area (TPSA) is 64.3 Å². The van der Waals surface area contributed by atoms with E-state index in [1.807, 2.05) is 34.9 Å². The van der Waals surface area contributed by atoms with Crippen molar-refractivity contribution in [2.75, 3.05) is 7.11 Å². The van der Waals surface area contributed by atoms with Gasteiger partial charge in [0.2, 0.25) is 0 Å². The van der Waals surface area contributed by atoms with Crippen LogP contribution in [0, 0.1) is 0 Å². The first kappa shape index (κ1) is 15.1. The summed E-state index contributed by atoms with van der Waals surface area (Å²) in [6, 6.07) is 11.3. The lowest BCUT2D eigenvalue weighted by Gasteiger charge is -2.11. The van der Waals surface area contributed by atoms with Crippen LogP contribution in [0.5, 0.6) is 5.75 Å². The number of methoxy groups -OCH3 is 1. The Morgan fingerprint density at radius 2 is 2.13 bits per heavy atom. The van der Waals surface area contributed by atoms with E-state index in [-0.39, 0.29) is 5.69 Å². The molecule has 0 aliphatic carbocycles. The zero-order valence-electron chi connectivity index (χ0n) is 13.1. The highest BCUT2D eigenvalue weighted by atomic mass is 16.5. The lowest BCUT2D eigenvalue weighted by molar-refractivity contribution is 0.0686. The number of para-hydroxylation sites is 1. The standard InChI is InChI=1S/C18H18N2O3/c1-3-12-5-4-6-13-9-16(18(21)22)20(17(12)13)11-14-7-8-15(23-2)10-19-14/h4-10H,3,11H2,1-2H3,(H,21,22). The molecule has 0 aliphatic heterocycles. The zero-order chi connectivity index (χ0) is 16.4. The van der Waals surface area contributed by atoms with Gasteiger partial charge in [0, 0.05) is 5.39 Å². The Labute approximate surface area is 134 Å². The molecule has 0 radical (unpaired) electrons. The number of fused-ring (bicyclic) bond motifs is 1. The number of aryl methyl sites for hydroxylation is 1. The van der Waals surface area contributed by atoms with E-state index in [0.29, 0.717) is 12.3 Å². The molecule has 0 aliphatic rings. The summed E-state index contributed by atoms with van der Waals surface area (Å²) >= 11 is 0. The maximum Gasteiger partial charge on any atom is 0.352 e. The summed E-state index contributed by atoms with van der Waals surface area (Å²) in [7, 11) is 1.59. The first-order valence-corrected chi connectivity index (χ1v) is 7.47. The Kier molecular flexibility index (Phi) is 4.02. The van der Waals surface area contributed by atoms with Gasteiger partial charge in [0.1, 0.15) is 11.4 Å². The zero-order valence-corrected chi connectivity index (χ0v) is 13.1. The number of pyridine rings is 1. The number of rotatable bonds is 5. The molecule has 0 bridgehead atoms. The maximum atomic E-state index is 11.6. The summed E-state index contributed by atoms with van der Waals surface area (Å²) in [4.78, 5) is 16.0. The van der Waals surface area contributed by atoms with E-state index >= 15 is 0 Å². The van der Waals surface area contributed by atoms with Gasteiger partial charge in [-0.05, 0) is 30.2 Å². The van der Waals surface area contributed by atoms with Gasteiger partial charge in [0.25, 0.3) is 0 Å². The van der Waals surface area contributed by atoms with E-state index in [1.54, 1.807) is 19.4 Å². The van der Waals surface area contributed by atoms with E-state index < -0.39 is 5.97 Å². The van der Waals surface area contributed by atoms with Crippen LogP contribution in [0.3, 0.4) is 0 Å². The fourth-order valence-electron chi connectivity index (χ4n) is 2.82. The normalized spacial score (nSPS) is 10.9. The summed E-state index contributed by atoms with van der Waals surface area (Å²) in [6.45, 7) is 2.48. The smallest absolute Gasteiger partial charge is 0.352 e. The second-order valence-corrected chi connectivity index (χ2v) is 5.32. The van der Waals surface area contributed by atoms with Crippen molar-refractivity contribution < 1.29 is 14.6 Å². The van der Waals surface area contributed by atoms with E-state index in [9.17, 15) is 9.90 Å². The van der Waals surface area contributed by atoms with Crippen molar-refractivity contribution in [3.05, 3.63) is 59.5 Å². The molecule has 5 heteroatoms. The number of hydrogen-bond donors (Lipinski definition) is 1. The quantitative estimate of drug-likeness (QED) is 0.785. The van der Waals surface area contributed by atoms with Crippen LogP contribution in [0.4, 0.5) is 0 Å². The van der Waals surface area contributed by atoms with E-state index in [4.69, 9.17) is 4.74 Å². The van der Waals surface area contributed by atoms with Crippen molar-refractivity contribution in [3.63, 3.8) is 0 Å². The van der Waals surface area contributed by atoms with Crippen LogP contribution in [-0.4, -0.2) is 27.7 Å². The average Bonchev–Trinajstić information content (AvgIpc) is 2.94. The Morgan fingerprint density at radius 1 is 1.30 bits per heavy atom. The molecule has 0 fully saturated rings. The fourth-order valence-corrected chi connectivity index (χ4v) is 2.82. The number of benzene rings is 1. The molecule has 0 atom stereocenters. The highest BCUT2D eigenvalue weighted by Gasteiger charge is 2.17. The highest BCUT2D eigenvalue weighted by molar-refractivity contribution is 5.95. The van der Waals surface area contributed by atoms with Crippen molar-refractivity contribution in [1.82, 2.24) is 9.55 Å². The molecule has 3 rings (SSSR count). The number of carboxylic acid groups (broad SMARTS) is 1. The van der Waals surface area contributed by atoms with Crippen LogP contribution in [-0.2, 0) is 13.0 Å². The Balaban J connectivity index is 2.13. The van der Waals surface area contributed by atoms with Gasteiger partial charge in [0.15, 0.2) is 0 Å². The van der Waals surface area contributed by atoms with Crippen LogP contribution >= 0.6 is 0 Å². The number of ether oxygens (including phenoxy) is 1. The molecule has 0 unspecified atom stereocenters. The van der Waals surface area contributed by atoms with E-state index in [2.05, 4.69) is 11.9 Å². The van der Waals surface area contributed by atoms with E-state index in [1.165, 1.54) is 0 Å². The summed E-state index contributed by atoms with van der Waals surface area (Å²) in [6.07, 6.45) is 2.48. The van der Waals surface area contributed by atoms with Gasteiger partial charge < -0.3 is 14.4 Å². The second kappa shape index (κ2) is 6.12. The summed E-state index contributed by atoms with van der Waals surface area (Å²) < 4.78 is 6.93. The minimum atomic E-state index is -0.934. The lowest BCUT2D eigenvalue weighted by atomic mass is 10.1. The van der Waals surface area contributed by atoms with Crippen molar-refractivity contribution in [2.24, 2.45) is 0 Å². The third kappa shape index (κ3) is 2.77. The minimum absolute atomic E-state index is 0.276. The molecule has 2 aromatic heterocycles. The molecule has 0 saturated carbocycles. The average molecular weight is 310 g/mol. The van der Waals surface area contributed by atoms with Gasteiger partial charge in [-0.25, -0.2) is 4.79 Å². The Hall–Kier alpha value is -2.82. The largest absolute Gasteiger partial charge is 0.495 e. The van der Waals surface area contributed by atoms with Crippen molar-refractivity contribution in [1.29, 1.82) is 0 Å². The number of carboxylic acids is 1. The lowest BCUT2D eigenvalue weighted by Crippen LogP contribution is -2.11. The first-order chi connectivity index (χ1) is 11.1. The fraction of sp³-hybridized carbons (Fsp3) is 0.222. The first-order valence-electron chi connectivity index (χ1n) is 7.47. The molecule has 2 heterocycles. The third-order valence-corrected chi connectivity index (χ3v) is 3.96. The molecule has 1 aromatic carbocycles. The molecule has 23 heavy (non-hydrogen) atoms. The van der Waals surface area contributed by atoms with Gasteiger partial charge in [-0.15, -0.1) is 0 Å². The minimum Gasteiger partial charge on any atom is -0.495 e. The maximum absolute atomic E-state index is 11.6. The molecule has 0 spiro atoms. The van der Waals surface area contributed by atoms with E-state index in [0.717, 1.165) is 28.6 Å². The molecular formula is C18H18N2O3. The van der Waals surface area contributed by atoms with Crippen molar-refractivity contribution in [3.8, 4) is 5.75 Å². The Morgan fingerprint density at radius 3 is 2.74 bits per heavy atom. The number of nitrogens with zero attached hydrogens (tertiary/aromatic N) is 2.